The molecule has 6 nitrogen and oxygen atoms in total. The summed E-state index contributed by atoms with van der Waals surface area (Å²) in [5, 5.41) is 7.80. The summed E-state index contributed by atoms with van der Waals surface area (Å²) in [5.74, 6) is 0.860. The molecule has 0 unspecified atom stereocenters. The van der Waals surface area contributed by atoms with Crippen LogP contribution >= 0.6 is 0 Å². The maximum atomic E-state index is 14.3. The monoisotopic (exact) mass is 309 g/mol. The summed E-state index contributed by atoms with van der Waals surface area (Å²) < 4.78 is 27.2. The molecule has 2 aromatic rings. The average Bonchev–Trinajstić information content (AvgIpc) is 2.97. The number of benzene rings is 1. The minimum absolute atomic E-state index is 0.297. The number of aromatic nitrogens is 3. The van der Waals surface area contributed by atoms with Gasteiger partial charge in [-0.15, -0.1) is 5.10 Å². The topological polar surface area (TPSA) is 77.0 Å². The lowest BCUT2D eigenvalue weighted by Gasteiger charge is -2.28. The summed E-state index contributed by atoms with van der Waals surface area (Å²) in [6, 6.07) is 4.94. The fraction of sp³-hybridized carbons (Fsp3) is 0.385. The highest BCUT2D eigenvalue weighted by atomic mass is 32.2. The zero-order chi connectivity index (χ0) is 14.8. The van der Waals surface area contributed by atoms with E-state index in [0.29, 0.717) is 48.2 Å². The molecule has 0 aliphatic carbocycles. The summed E-state index contributed by atoms with van der Waals surface area (Å²) in [4.78, 5) is 1.92. The first kappa shape index (κ1) is 14.2. The van der Waals surface area contributed by atoms with Gasteiger partial charge in [-0.25, -0.2) is 9.07 Å². The van der Waals surface area contributed by atoms with E-state index in [1.54, 1.807) is 18.3 Å². The second-order valence-electron chi connectivity index (χ2n) is 4.83. The molecule has 112 valence electrons. The number of halogens is 1. The minimum atomic E-state index is -0.772. The quantitative estimate of drug-likeness (QED) is 0.890. The zero-order valence-corrected chi connectivity index (χ0v) is 12.2. The number of anilines is 1. The molecule has 2 heterocycles. The summed E-state index contributed by atoms with van der Waals surface area (Å²) in [5.41, 5.74) is 7.27. The lowest BCUT2D eigenvalue weighted by atomic mass is 10.2. The van der Waals surface area contributed by atoms with Gasteiger partial charge in [0.2, 0.25) is 0 Å². The molecule has 1 aliphatic heterocycles. The Bertz CT molecular complexity index is 664. The van der Waals surface area contributed by atoms with E-state index >= 15 is 0 Å². The van der Waals surface area contributed by atoms with E-state index in [-0.39, 0.29) is 5.82 Å². The first-order chi connectivity index (χ1) is 10.2. The number of nitrogens with two attached hydrogens (primary N) is 1. The molecule has 8 heteroatoms. The Labute approximate surface area is 124 Å². The summed E-state index contributed by atoms with van der Waals surface area (Å²) >= 11 is 0. The highest BCUT2D eigenvalue weighted by Crippen LogP contribution is 2.23. The third kappa shape index (κ3) is 2.96. The van der Waals surface area contributed by atoms with Gasteiger partial charge in [-0.2, -0.15) is 0 Å². The average molecular weight is 309 g/mol. The molecule has 0 atom stereocenters. The van der Waals surface area contributed by atoms with Gasteiger partial charge in [0.05, 0.1) is 23.3 Å². The second kappa shape index (κ2) is 5.90. The van der Waals surface area contributed by atoms with Gasteiger partial charge < -0.3 is 10.6 Å². The van der Waals surface area contributed by atoms with Gasteiger partial charge in [0.15, 0.2) is 0 Å². The molecule has 1 aliphatic rings. The van der Waals surface area contributed by atoms with Crippen molar-refractivity contribution in [3.63, 3.8) is 0 Å². The fourth-order valence-corrected chi connectivity index (χ4v) is 3.34. The molecule has 1 fully saturated rings. The van der Waals surface area contributed by atoms with Crippen LogP contribution in [0.15, 0.2) is 24.4 Å². The van der Waals surface area contributed by atoms with Crippen LogP contribution in [0.1, 0.15) is 5.69 Å². The van der Waals surface area contributed by atoms with Crippen molar-refractivity contribution in [3.05, 3.63) is 35.9 Å². The van der Waals surface area contributed by atoms with Crippen LogP contribution in [0, 0.1) is 5.82 Å². The van der Waals surface area contributed by atoms with Crippen molar-refractivity contribution in [1.29, 1.82) is 0 Å². The van der Waals surface area contributed by atoms with Crippen LogP contribution in [0.2, 0.25) is 0 Å². The van der Waals surface area contributed by atoms with Crippen LogP contribution in [0.4, 0.5) is 10.1 Å². The van der Waals surface area contributed by atoms with Crippen molar-refractivity contribution in [1.82, 2.24) is 15.0 Å². The lowest BCUT2D eigenvalue weighted by Crippen LogP contribution is -2.38. The molecule has 0 saturated carbocycles. The molecule has 3 rings (SSSR count). The van der Waals surface area contributed by atoms with Gasteiger partial charge >= 0.3 is 0 Å². The highest BCUT2D eigenvalue weighted by molar-refractivity contribution is 7.85. The third-order valence-electron chi connectivity index (χ3n) is 3.46. The molecule has 0 bridgehead atoms. The number of hydrogen-bond donors (Lipinski definition) is 1. The molecule has 21 heavy (non-hydrogen) atoms. The van der Waals surface area contributed by atoms with E-state index in [2.05, 4.69) is 10.3 Å². The van der Waals surface area contributed by atoms with Crippen LogP contribution in [0.3, 0.4) is 0 Å². The first-order valence-electron chi connectivity index (χ1n) is 6.68. The standard InChI is InChI=1S/C13H16FN5OS/c14-12-7-11(19-9-10(8-15)16-17-19)1-2-13(12)18-3-5-21(20)6-4-18/h1-2,7,9H,3-6,8,15H2. The van der Waals surface area contributed by atoms with Gasteiger partial charge in [-0.3, -0.25) is 4.21 Å². The highest BCUT2D eigenvalue weighted by Gasteiger charge is 2.18. The van der Waals surface area contributed by atoms with Crippen molar-refractivity contribution in [2.45, 2.75) is 6.54 Å². The number of rotatable bonds is 3. The predicted molar refractivity (Wildman–Crippen MR) is 79.3 cm³/mol. The molecule has 0 radical (unpaired) electrons. The van der Waals surface area contributed by atoms with Crippen LogP contribution in [-0.4, -0.2) is 43.8 Å². The zero-order valence-electron chi connectivity index (χ0n) is 11.4. The van der Waals surface area contributed by atoms with E-state index < -0.39 is 10.8 Å². The Morgan fingerprint density at radius 1 is 1.33 bits per heavy atom. The molecule has 2 N–H and O–H groups in total. The number of hydrogen-bond acceptors (Lipinski definition) is 5. The molecule has 1 aromatic heterocycles. The van der Waals surface area contributed by atoms with E-state index in [0.717, 1.165) is 0 Å². The van der Waals surface area contributed by atoms with Crippen LogP contribution in [0.25, 0.3) is 5.69 Å². The Kier molecular flexibility index (Phi) is 3.98. The third-order valence-corrected chi connectivity index (χ3v) is 4.74. The molecule has 1 saturated heterocycles. The van der Waals surface area contributed by atoms with Crippen LogP contribution in [0.5, 0.6) is 0 Å². The normalized spacial score (nSPS) is 16.4. The Balaban J connectivity index is 1.84. The van der Waals surface area contributed by atoms with Crippen molar-refractivity contribution < 1.29 is 8.60 Å². The second-order valence-corrected chi connectivity index (χ2v) is 6.53. The molecular weight excluding hydrogens is 293 g/mol. The Morgan fingerprint density at radius 2 is 2.10 bits per heavy atom. The maximum absolute atomic E-state index is 14.3. The Hall–Kier alpha value is -1.80. The van der Waals surface area contributed by atoms with E-state index in [1.807, 2.05) is 4.90 Å². The SMILES string of the molecule is NCc1cn(-c2ccc(N3CCS(=O)CC3)c(F)c2)nn1. The first-order valence-corrected chi connectivity index (χ1v) is 8.17. The van der Waals surface area contributed by atoms with Crippen molar-refractivity contribution in [3.8, 4) is 5.69 Å². The van der Waals surface area contributed by atoms with E-state index in [1.165, 1.54) is 10.7 Å². The predicted octanol–water partition coefficient (Wildman–Crippen LogP) is 0.434. The van der Waals surface area contributed by atoms with Crippen molar-refractivity contribution in [2.24, 2.45) is 5.73 Å². The maximum Gasteiger partial charge on any atom is 0.148 e. The largest absolute Gasteiger partial charge is 0.367 e. The molecule has 0 amide bonds. The van der Waals surface area contributed by atoms with Gasteiger partial charge in [0.1, 0.15) is 5.82 Å². The lowest BCUT2D eigenvalue weighted by molar-refractivity contribution is 0.614. The van der Waals surface area contributed by atoms with Crippen molar-refractivity contribution >= 4 is 16.5 Å². The van der Waals surface area contributed by atoms with Crippen LogP contribution < -0.4 is 10.6 Å². The van der Waals surface area contributed by atoms with Gasteiger partial charge in [0, 0.05) is 48.0 Å². The van der Waals surface area contributed by atoms with Crippen LogP contribution in [-0.2, 0) is 17.3 Å². The molecule has 1 aromatic carbocycles. The van der Waals surface area contributed by atoms with E-state index in [9.17, 15) is 8.60 Å². The Morgan fingerprint density at radius 3 is 2.71 bits per heavy atom. The van der Waals surface area contributed by atoms with Gasteiger partial charge in [0.25, 0.3) is 0 Å². The molecule has 0 spiro atoms. The van der Waals surface area contributed by atoms with Crippen molar-refractivity contribution in [2.75, 3.05) is 29.5 Å². The smallest absolute Gasteiger partial charge is 0.148 e. The molecular formula is C13H16FN5OS. The van der Waals surface area contributed by atoms with E-state index in [4.69, 9.17) is 5.73 Å². The van der Waals surface area contributed by atoms with Gasteiger partial charge in [-0.05, 0) is 12.1 Å². The fourth-order valence-electron chi connectivity index (χ4n) is 2.29. The summed E-state index contributed by atoms with van der Waals surface area (Å²) in [6.45, 7) is 1.53. The van der Waals surface area contributed by atoms with Gasteiger partial charge in [-0.1, -0.05) is 5.21 Å². The summed E-state index contributed by atoms with van der Waals surface area (Å²) in [7, 11) is -0.772. The summed E-state index contributed by atoms with van der Waals surface area (Å²) in [6.07, 6.45) is 1.68. The minimum Gasteiger partial charge on any atom is -0.367 e. The number of nitrogens with zero attached hydrogens (tertiary/aromatic N) is 4.